The fraction of sp³-hybridized carbons (Fsp3) is 0.500. The molecule has 0 saturated carbocycles. The zero-order chi connectivity index (χ0) is 17.7. The first kappa shape index (κ1) is 49.5. The zero-order valence-electron chi connectivity index (χ0n) is 11.6. The Hall–Kier alpha value is 0.122. The third-order valence-electron chi connectivity index (χ3n) is 0.333. The van der Waals surface area contributed by atoms with Crippen LogP contribution >= 0.6 is 0 Å². The standard InChI is InChI=1S/2C2H8N2.4CHNS.Co.Hg/c2*3-1-2-4;4*2-1-3;;/h2*1-4H2;4*3H;;/q;;;;;;2*+2/p-4. The van der Waals surface area contributed by atoms with E-state index in [1.165, 1.54) is 21.6 Å². The van der Waals surface area contributed by atoms with Crippen molar-refractivity contribution in [1.29, 1.82) is 21.0 Å². The quantitative estimate of drug-likeness (QED) is 0.150. The summed E-state index contributed by atoms with van der Waals surface area (Å²) in [6, 6.07) is 0. The fourth-order valence-corrected chi connectivity index (χ4v) is 0. The first-order valence-electron chi connectivity index (χ1n) is 4.34. The summed E-state index contributed by atoms with van der Waals surface area (Å²) in [5, 5.41) is 33.9. The van der Waals surface area contributed by atoms with Crippen LogP contribution in [0.5, 0.6) is 0 Å². The molecular weight excluding hydrogens is 596 g/mol. The van der Waals surface area contributed by atoms with Gasteiger partial charge in [0.25, 0.3) is 0 Å². The molecule has 0 aromatic carbocycles. The van der Waals surface area contributed by atoms with Gasteiger partial charge in [0.05, 0.1) is 0 Å². The van der Waals surface area contributed by atoms with Crippen LogP contribution in [-0.4, -0.2) is 26.2 Å². The van der Waals surface area contributed by atoms with Crippen LogP contribution in [0.25, 0.3) is 0 Å². The maximum Gasteiger partial charge on any atom is 2.00 e. The van der Waals surface area contributed by atoms with Gasteiger partial charge in [-0.15, -0.1) is 0 Å². The molecule has 22 heavy (non-hydrogen) atoms. The fourth-order valence-electron chi connectivity index (χ4n) is 0. The van der Waals surface area contributed by atoms with Crippen LogP contribution < -0.4 is 22.9 Å². The Bertz CT molecular complexity index is 217. The average molecular weight is 612 g/mol. The molecule has 0 aliphatic rings. The number of nitrogens with zero attached hydrogens (tertiary/aromatic N) is 4. The molecule has 0 bridgehead atoms. The molecule has 0 aliphatic heterocycles. The van der Waals surface area contributed by atoms with E-state index in [0.29, 0.717) is 26.2 Å². The second kappa shape index (κ2) is 130. The Morgan fingerprint density at radius 2 is 0.591 bits per heavy atom. The van der Waals surface area contributed by atoms with E-state index in [1.807, 2.05) is 0 Å². The van der Waals surface area contributed by atoms with Gasteiger partial charge in [-0.3, -0.25) is 0 Å². The molecule has 8 nitrogen and oxygen atoms in total. The first-order valence-corrected chi connectivity index (χ1v) is 5.98. The van der Waals surface area contributed by atoms with E-state index in [0.717, 1.165) is 0 Å². The van der Waals surface area contributed by atoms with Crippen molar-refractivity contribution in [2.24, 2.45) is 22.9 Å². The van der Waals surface area contributed by atoms with Crippen molar-refractivity contribution in [1.82, 2.24) is 0 Å². The summed E-state index contributed by atoms with van der Waals surface area (Å²) in [5.74, 6) is 0. The molecule has 0 aromatic heterocycles. The zero-order valence-corrected chi connectivity index (χ0v) is 21.4. The van der Waals surface area contributed by atoms with E-state index in [-0.39, 0.29) is 44.4 Å². The summed E-state index contributed by atoms with van der Waals surface area (Å²) < 4.78 is 0. The molecule has 0 aliphatic carbocycles. The van der Waals surface area contributed by atoms with Gasteiger partial charge in [0, 0.05) is 26.2 Å². The van der Waals surface area contributed by atoms with Crippen LogP contribution in [0.2, 0.25) is 0 Å². The molecule has 0 amide bonds. The second-order valence-corrected chi connectivity index (χ2v) is 2.25. The van der Waals surface area contributed by atoms with Crippen molar-refractivity contribution in [3.8, 4) is 21.6 Å². The SMILES string of the molecule is N#C[S-].N#C[S-].N#C[S-].N#C[S-].NCCN.NCCN.[Co+2].[Hg+2]. The van der Waals surface area contributed by atoms with Crippen molar-refractivity contribution in [2.45, 2.75) is 0 Å². The normalized spacial score (nSPS) is 4.00. The van der Waals surface area contributed by atoms with Crippen LogP contribution in [0.15, 0.2) is 0 Å². The summed E-state index contributed by atoms with van der Waals surface area (Å²) in [4.78, 5) is 0. The molecule has 0 rings (SSSR count). The Morgan fingerprint density at radius 1 is 0.545 bits per heavy atom. The van der Waals surface area contributed by atoms with Crippen molar-refractivity contribution >= 4 is 50.5 Å². The topological polar surface area (TPSA) is 199 Å². The molecule has 123 valence electrons. The van der Waals surface area contributed by atoms with E-state index >= 15 is 0 Å². The number of hydrogen-bond donors (Lipinski definition) is 4. The second-order valence-electron chi connectivity index (χ2n) is 1.52. The monoisotopic (exact) mass is 613 g/mol. The molecule has 0 unspecified atom stereocenters. The van der Waals surface area contributed by atoms with E-state index in [4.69, 9.17) is 44.0 Å². The molecule has 0 fully saturated rings. The molecule has 0 saturated heterocycles. The molecule has 0 aromatic rings. The van der Waals surface area contributed by atoms with Gasteiger partial charge in [0.2, 0.25) is 0 Å². The van der Waals surface area contributed by atoms with Crippen molar-refractivity contribution < 1.29 is 44.4 Å². The number of thiocyanates is 4. The van der Waals surface area contributed by atoms with E-state index in [9.17, 15) is 0 Å². The minimum Gasteiger partial charge on any atom is -0.696 e. The van der Waals surface area contributed by atoms with Crippen LogP contribution in [0, 0.1) is 42.7 Å². The van der Waals surface area contributed by atoms with Gasteiger partial charge in [-0.2, -0.15) is 0 Å². The van der Waals surface area contributed by atoms with Gasteiger partial charge in [-0.1, -0.05) is 21.6 Å². The maximum absolute atomic E-state index is 7.13. The number of hydrogen-bond acceptors (Lipinski definition) is 12. The maximum atomic E-state index is 7.13. The summed E-state index contributed by atoms with van der Waals surface area (Å²) in [6.07, 6.45) is 0. The third kappa shape index (κ3) is 1630. The van der Waals surface area contributed by atoms with Crippen LogP contribution in [0.4, 0.5) is 0 Å². The third-order valence-corrected chi connectivity index (χ3v) is 0.333. The molecule has 0 spiro atoms. The summed E-state index contributed by atoms with van der Waals surface area (Å²) in [6.45, 7) is 2.39. The van der Waals surface area contributed by atoms with E-state index in [2.05, 4.69) is 50.5 Å². The summed E-state index contributed by atoms with van der Waals surface area (Å²) in [7, 11) is 0. The van der Waals surface area contributed by atoms with Crippen LogP contribution in [0.3, 0.4) is 0 Å². The molecule has 0 heterocycles. The van der Waals surface area contributed by atoms with Gasteiger partial charge >= 0.3 is 44.4 Å². The van der Waals surface area contributed by atoms with Gasteiger partial charge in [-0.25, -0.2) is 21.0 Å². The Morgan fingerprint density at radius 3 is 0.591 bits per heavy atom. The van der Waals surface area contributed by atoms with E-state index < -0.39 is 0 Å². The molecule has 8 N–H and O–H groups in total. The Balaban J connectivity index is -0.0000000176. The average Bonchev–Trinajstić information content (AvgIpc) is 2.42. The predicted molar refractivity (Wildman–Crippen MR) is 88.1 cm³/mol. The Kier molecular flexibility index (Phi) is 292. The molecule has 0 atom stereocenters. The van der Waals surface area contributed by atoms with Crippen LogP contribution in [-0.2, 0) is 95.0 Å². The Labute approximate surface area is 185 Å². The largest absolute Gasteiger partial charge is 2.00 e. The summed E-state index contributed by atoms with van der Waals surface area (Å²) in [5.41, 5.74) is 19.6. The number of nitriles is 4. The van der Waals surface area contributed by atoms with Gasteiger partial charge in [0.1, 0.15) is 0 Å². The minimum atomic E-state index is 0. The molecular formula is C8H16CoHgN8S4. The molecule has 14 heteroatoms. The summed E-state index contributed by atoms with van der Waals surface area (Å²) >= 11 is 14.8. The predicted octanol–water partition coefficient (Wildman–Crippen LogP) is -2.14. The van der Waals surface area contributed by atoms with Gasteiger partial charge in [0.15, 0.2) is 0 Å². The minimum absolute atomic E-state index is 0. The van der Waals surface area contributed by atoms with Gasteiger partial charge < -0.3 is 73.4 Å². The molecule has 1 radical (unpaired) electrons. The first-order chi connectivity index (χ1) is 9.49. The van der Waals surface area contributed by atoms with Crippen molar-refractivity contribution in [2.75, 3.05) is 26.2 Å². The van der Waals surface area contributed by atoms with Gasteiger partial charge in [-0.05, 0) is 0 Å². The number of rotatable bonds is 2. The van der Waals surface area contributed by atoms with Crippen molar-refractivity contribution in [3.63, 3.8) is 0 Å². The van der Waals surface area contributed by atoms with Crippen LogP contribution in [0.1, 0.15) is 0 Å². The van der Waals surface area contributed by atoms with E-state index in [1.54, 1.807) is 0 Å². The number of nitrogens with two attached hydrogens (primary N) is 4. The van der Waals surface area contributed by atoms with Crippen molar-refractivity contribution in [3.05, 3.63) is 0 Å². The smallest absolute Gasteiger partial charge is 0.696 e.